The van der Waals surface area contributed by atoms with Gasteiger partial charge in [-0.3, -0.25) is 0 Å². The van der Waals surface area contributed by atoms with Crippen LogP contribution in [0, 0.1) is 27.2 Å². The van der Waals surface area contributed by atoms with Crippen LogP contribution in [-0.4, -0.2) is 0 Å². The van der Waals surface area contributed by atoms with Crippen LogP contribution in [0.1, 0.15) is 40.0 Å². The van der Waals surface area contributed by atoms with Crippen LogP contribution in [0.4, 0.5) is 0 Å². The Morgan fingerprint density at radius 1 is 1.17 bits per heavy atom. The van der Waals surface area contributed by atoms with E-state index in [0.29, 0.717) is 0 Å². The molecular formula is C10H23FeY-. The molecule has 1 rings (SSSR count). The quantitative estimate of drug-likeness (QED) is 0.468. The van der Waals surface area contributed by atoms with Gasteiger partial charge >= 0.3 is 17.1 Å². The van der Waals surface area contributed by atoms with E-state index in [0.717, 1.165) is 5.92 Å². The minimum atomic E-state index is 0. The molecule has 1 atom stereocenters. The van der Waals surface area contributed by atoms with E-state index < -0.39 is 0 Å². The predicted octanol–water partition coefficient (Wildman–Crippen LogP) is 3.93. The van der Waals surface area contributed by atoms with Crippen LogP contribution in [0.25, 0.3) is 0 Å². The molecule has 0 aromatic heterocycles. The minimum Gasteiger partial charge on any atom is -0.358 e. The Bertz CT molecular complexity index is 43.1. The largest absolute Gasteiger partial charge is 2.00 e. The zero-order chi connectivity index (χ0) is 6.41. The number of hydrogen-bond donors (Lipinski definition) is 0. The van der Waals surface area contributed by atoms with Crippen molar-refractivity contribution in [1.29, 1.82) is 0 Å². The van der Waals surface area contributed by atoms with E-state index in [2.05, 4.69) is 13.3 Å². The Morgan fingerprint density at radius 3 is 1.67 bits per heavy atom. The third kappa shape index (κ3) is 17.6. The van der Waals surface area contributed by atoms with E-state index in [1.54, 1.807) is 0 Å². The summed E-state index contributed by atoms with van der Waals surface area (Å²) in [4.78, 5) is 0. The summed E-state index contributed by atoms with van der Waals surface area (Å²) in [5.74, 6) is 0.921. The second kappa shape index (κ2) is 22.9. The zero-order valence-electron chi connectivity index (χ0n) is 9.21. The van der Waals surface area contributed by atoms with Crippen molar-refractivity contribution in [2.24, 2.45) is 5.92 Å². The molecule has 0 saturated heterocycles. The second-order valence-electron chi connectivity index (χ2n) is 2.14. The molecule has 75 valence electrons. The van der Waals surface area contributed by atoms with Crippen molar-refractivity contribution in [1.82, 2.24) is 0 Å². The van der Waals surface area contributed by atoms with Crippen LogP contribution in [0.3, 0.4) is 0 Å². The first kappa shape index (κ1) is 29.2. The molecule has 12 heavy (non-hydrogen) atoms. The van der Waals surface area contributed by atoms with Crippen LogP contribution in [-0.2, 0) is 49.8 Å². The second-order valence-corrected chi connectivity index (χ2v) is 2.14. The molecule has 0 amide bonds. The van der Waals surface area contributed by atoms with Crippen LogP contribution >= 0.6 is 0 Å². The summed E-state index contributed by atoms with van der Waals surface area (Å²) in [6, 6.07) is 0. The van der Waals surface area contributed by atoms with Crippen molar-refractivity contribution in [3.05, 3.63) is 21.3 Å². The number of rotatable bonds is 0. The van der Waals surface area contributed by atoms with Crippen LogP contribution < -0.4 is 0 Å². The summed E-state index contributed by atoms with van der Waals surface area (Å²) >= 11 is 0. The maximum atomic E-state index is 2.40. The van der Waals surface area contributed by atoms with Gasteiger partial charge in [-0.1, -0.05) is 33.6 Å². The molecule has 1 fully saturated rings. The molecule has 1 aliphatic carbocycles. The molecule has 1 radical (unpaired) electrons. The summed E-state index contributed by atoms with van der Waals surface area (Å²) in [5, 5.41) is 0. The first-order chi connectivity index (χ1) is 3.89. The van der Waals surface area contributed by atoms with Gasteiger partial charge in [-0.15, -0.1) is 0 Å². The average Bonchev–Trinajstić information content (AvgIpc) is 2.24. The Balaban J connectivity index is -0.0000000257. The molecule has 1 unspecified atom stereocenters. The van der Waals surface area contributed by atoms with Crippen LogP contribution in [0.15, 0.2) is 0 Å². The smallest absolute Gasteiger partial charge is 0.358 e. The van der Waals surface area contributed by atoms with Gasteiger partial charge in [-0.2, -0.15) is 12.3 Å². The predicted molar refractivity (Wildman–Crippen MR) is 51.5 cm³/mol. The monoisotopic (exact) mass is 288 g/mol. The molecule has 0 spiro atoms. The first-order valence-electron chi connectivity index (χ1n) is 3.73. The average molecular weight is 288 g/mol. The summed E-state index contributed by atoms with van der Waals surface area (Å²) in [5.41, 5.74) is 0. The summed E-state index contributed by atoms with van der Waals surface area (Å²) in [7, 11) is 0. The van der Waals surface area contributed by atoms with Gasteiger partial charge in [0.25, 0.3) is 0 Å². The van der Waals surface area contributed by atoms with Gasteiger partial charge in [0.1, 0.15) is 0 Å². The Kier molecular flexibility index (Phi) is 55.8. The van der Waals surface area contributed by atoms with Crippen LogP contribution in [0.2, 0.25) is 0 Å². The van der Waals surface area contributed by atoms with Gasteiger partial charge in [0.05, 0.1) is 0 Å². The topological polar surface area (TPSA) is 0 Å². The molecular weight excluding hydrogens is 265 g/mol. The number of hydrogen-bond acceptors (Lipinski definition) is 0. The van der Waals surface area contributed by atoms with Crippen molar-refractivity contribution in [3.63, 3.8) is 0 Å². The maximum Gasteiger partial charge on any atom is 2.00 e. The molecule has 1 saturated carbocycles. The van der Waals surface area contributed by atoms with Crippen molar-refractivity contribution < 1.29 is 49.8 Å². The SMILES string of the molecule is CC.CC1[CH-]CCC1.[CH3-].[CH3-].[Fe+2].[Y]. The van der Waals surface area contributed by atoms with E-state index >= 15 is 0 Å². The van der Waals surface area contributed by atoms with Crippen molar-refractivity contribution in [3.8, 4) is 0 Å². The normalized spacial score (nSPS) is 17.8. The minimum absolute atomic E-state index is 0. The summed E-state index contributed by atoms with van der Waals surface area (Å²) in [6.45, 7) is 6.28. The standard InChI is InChI=1S/C6H11.C2H6.2CH3.Fe.Y/c1-6-4-2-3-5-6;1-2;;;;/h4,6H,2-3,5H2,1H3;1-2H3;2*1H3;;/q-1;;2*-1;+2;. The fraction of sp³-hybridized carbons (Fsp3) is 0.700. The van der Waals surface area contributed by atoms with Crippen molar-refractivity contribution in [2.45, 2.75) is 40.0 Å². The van der Waals surface area contributed by atoms with E-state index in [-0.39, 0.29) is 64.6 Å². The van der Waals surface area contributed by atoms with Gasteiger partial charge < -0.3 is 21.3 Å². The third-order valence-electron chi connectivity index (χ3n) is 1.43. The van der Waals surface area contributed by atoms with Crippen molar-refractivity contribution >= 4 is 0 Å². The van der Waals surface area contributed by atoms with E-state index in [1.165, 1.54) is 19.3 Å². The molecule has 1 aliphatic rings. The van der Waals surface area contributed by atoms with E-state index in [9.17, 15) is 0 Å². The Labute approximate surface area is 116 Å². The van der Waals surface area contributed by atoms with Crippen molar-refractivity contribution in [2.75, 3.05) is 0 Å². The fourth-order valence-electron chi connectivity index (χ4n) is 0.960. The molecule has 0 nitrogen and oxygen atoms in total. The van der Waals surface area contributed by atoms with E-state index in [4.69, 9.17) is 0 Å². The first-order valence-corrected chi connectivity index (χ1v) is 3.73. The molecule has 0 aliphatic heterocycles. The fourth-order valence-corrected chi connectivity index (χ4v) is 0.960. The van der Waals surface area contributed by atoms with Gasteiger partial charge in [0, 0.05) is 32.7 Å². The van der Waals surface area contributed by atoms with Gasteiger partial charge in [0.15, 0.2) is 0 Å². The summed E-state index contributed by atoms with van der Waals surface area (Å²) in [6.07, 6.45) is 6.63. The summed E-state index contributed by atoms with van der Waals surface area (Å²) < 4.78 is 0. The van der Waals surface area contributed by atoms with Crippen LogP contribution in [0.5, 0.6) is 0 Å². The molecule has 2 heteroatoms. The van der Waals surface area contributed by atoms with Gasteiger partial charge in [0.2, 0.25) is 0 Å². The molecule has 0 N–H and O–H groups in total. The maximum absolute atomic E-state index is 2.40. The molecule has 0 aromatic rings. The van der Waals surface area contributed by atoms with Gasteiger partial charge in [-0.05, 0) is 0 Å². The van der Waals surface area contributed by atoms with E-state index in [1.807, 2.05) is 13.8 Å². The zero-order valence-corrected chi connectivity index (χ0v) is 13.1. The van der Waals surface area contributed by atoms with Gasteiger partial charge in [-0.25, -0.2) is 0 Å². The molecule has 0 bridgehead atoms. The third-order valence-corrected chi connectivity index (χ3v) is 1.43. The Hall–Kier alpha value is 1.62. The Morgan fingerprint density at radius 2 is 1.58 bits per heavy atom. The molecule has 0 heterocycles. The molecule has 0 aromatic carbocycles.